The van der Waals surface area contributed by atoms with Crippen LogP contribution in [0.4, 0.5) is 5.69 Å². The monoisotopic (exact) mass is 515 g/mol. The van der Waals surface area contributed by atoms with Crippen LogP contribution in [0.15, 0.2) is 47.3 Å². The van der Waals surface area contributed by atoms with Gasteiger partial charge in [-0.15, -0.1) is 5.10 Å². The van der Waals surface area contributed by atoms with Crippen LogP contribution >= 0.6 is 0 Å². The minimum atomic E-state index is -0.397. The van der Waals surface area contributed by atoms with Gasteiger partial charge in [-0.1, -0.05) is 12.8 Å². The predicted octanol–water partition coefficient (Wildman–Crippen LogP) is 2.98. The number of fused-ring (bicyclic) bond motifs is 2. The number of nitrogens with zero attached hydrogens (tertiary/aromatic N) is 6. The molecular weight excluding hydrogens is 486 g/mol. The first-order valence-corrected chi connectivity index (χ1v) is 13.2. The first kappa shape index (κ1) is 23.0. The number of aromatic hydroxyl groups is 1. The van der Waals surface area contributed by atoms with Crippen LogP contribution in [-0.4, -0.2) is 68.2 Å². The SMILES string of the molecule is O=c1[nH]c2cc3c(cc2cc1[C@@H](c1nnnn1C1CCCC1)N1CCN(c2ccc(O)cc2)CC1)OCO3. The molecule has 0 bridgehead atoms. The average molecular weight is 516 g/mol. The summed E-state index contributed by atoms with van der Waals surface area (Å²) in [5, 5.41) is 23.5. The molecule has 2 aromatic carbocycles. The third-order valence-corrected chi connectivity index (χ3v) is 7.99. The number of H-pyrrole nitrogens is 1. The van der Waals surface area contributed by atoms with Crippen molar-refractivity contribution in [3.8, 4) is 17.2 Å². The number of nitrogens with one attached hydrogen (secondary N) is 1. The predicted molar refractivity (Wildman–Crippen MR) is 140 cm³/mol. The summed E-state index contributed by atoms with van der Waals surface area (Å²) < 4.78 is 13.0. The van der Waals surface area contributed by atoms with Crippen molar-refractivity contribution < 1.29 is 14.6 Å². The van der Waals surface area contributed by atoms with Gasteiger partial charge in [0.2, 0.25) is 6.79 Å². The molecule has 2 aliphatic heterocycles. The molecule has 1 aliphatic carbocycles. The summed E-state index contributed by atoms with van der Waals surface area (Å²) >= 11 is 0. The van der Waals surface area contributed by atoms with Crippen molar-refractivity contribution in [2.45, 2.75) is 37.8 Å². The van der Waals surface area contributed by atoms with Gasteiger partial charge in [0.25, 0.3) is 5.56 Å². The van der Waals surface area contributed by atoms with Crippen LogP contribution < -0.4 is 19.9 Å². The normalized spacial score (nSPS) is 18.9. The Kier molecular flexibility index (Phi) is 5.65. The van der Waals surface area contributed by atoms with E-state index in [0.717, 1.165) is 62.9 Å². The van der Waals surface area contributed by atoms with E-state index >= 15 is 0 Å². The number of phenols is 1. The van der Waals surface area contributed by atoms with Crippen LogP contribution in [0.2, 0.25) is 0 Å². The van der Waals surface area contributed by atoms with Gasteiger partial charge in [0.05, 0.1) is 11.6 Å². The zero-order chi connectivity index (χ0) is 25.6. The molecule has 2 N–H and O–H groups in total. The second-order valence-electron chi connectivity index (χ2n) is 10.2. The van der Waals surface area contributed by atoms with E-state index in [1.165, 1.54) is 0 Å². The number of hydrogen-bond donors (Lipinski definition) is 2. The van der Waals surface area contributed by atoms with E-state index in [1.54, 1.807) is 12.1 Å². The van der Waals surface area contributed by atoms with E-state index in [1.807, 2.05) is 35.0 Å². The van der Waals surface area contributed by atoms with Crippen LogP contribution in [0.1, 0.15) is 49.2 Å². The van der Waals surface area contributed by atoms with Crippen LogP contribution in [-0.2, 0) is 0 Å². The van der Waals surface area contributed by atoms with Gasteiger partial charge in [0.1, 0.15) is 11.8 Å². The minimum absolute atomic E-state index is 0.164. The molecule has 1 saturated heterocycles. The molecule has 4 heterocycles. The van der Waals surface area contributed by atoms with Crippen molar-refractivity contribution in [1.29, 1.82) is 0 Å². The molecule has 7 rings (SSSR count). The van der Waals surface area contributed by atoms with Crippen LogP contribution in [0.3, 0.4) is 0 Å². The Hall–Kier alpha value is -4.12. The fourth-order valence-electron chi connectivity index (χ4n) is 6.01. The number of rotatable bonds is 5. The molecule has 196 valence electrons. The summed E-state index contributed by atoms with van der Waals surface area (Å²) in [6.07, 6.45) is 4.39. The average Bonchev–Trinajstić information content (AvgIpc) is 3.71. The summed E-state index contributed by atoms with van der Waals surface area (Å²) in [5.41, 5.74) is 2.22. The molecular formula is C27H29N7O4. The molecule has 2 aromatic heterocycles. The largest absolute Gasteiger partial charge is 0.508 e. The van der Waals surface area contributed by atoms with Gasteiger partial charge in [-0.2, -0.15) is 0 Å². The van der Waals surface area contributed by atoms with Crippen molar-refractivity contribution >= 4 is 16.6 Å². The van der Waals surface area contributed by atoms with Gasteiger partial charge < -0.3 is 24.5 Å². The smallest absolute Gasteiger partial charge is 0.253 e. The molecule has 0 spiro atoms. The third kappa shape index (κ3) is 4.03. The Morgan fingerprint density at radius 1 is 0.974 bits per heavy atom. The van der Waals surface area contributed by atoms with E-state index in [9.17, 15) is 9.90 Å². The van der Waals surface area contributed by atoms with Gasteiger partial charge in [-0.05, 0) is 59.7 Å². The van der Waals surface area contributed by atoms with Crippen molar-refractivity contribution in [2.24, 2.45) is 0 Å². The Balaban J connectivity index is 1.27. The molecule has 38 heavy (non-hydrogen) atoms. The van der Waals surface area contributed by atoms with E-state index in [-0.39, 0.29) is 24.1 Å². The molecule has 3 aliphatic rings. The van der Waals surface area contributed by atoms with Crippen molar-refractivity contribution in [3.05, 3.63) is 64.2 Å². The standard InChI is InChI=1S/C27H29N7O4/c35-20-7-5-18(6-8-20)32-9-11-33(12-10-32)25(26-29-30-31-34(26)19-3-1-2-4-19)21-13-17-14-23-24(38-16-37-23)15-22(17)28-27(21)36/h5-8,13-15,19,25,35H,1-4,9-12,16H2,(H,28,36)/t25-/m0/s1. The first-order chi connectivity index (χ1) is 18.6. The number of aromatic nitrogens is 5. The third-order valence-electron chi connectivity index (χ3n) is 7.99. The number of anilines is 1. The Labute approximate surface area is 218 Å². The highest BCUT2D eigenvalue weighted by atomic mass is 16.7. The lowest BCUT2D eigenvalue weighted by molar-refractivity contribution is 0.174. The Bertz CT molecular complexity index is 1520. The number of benzene rings is 2. The Morgan fingerprint density at radius 3 is 2.47 bits per heavy atom. The van der Waals surface area contributed by atoms with Gasteiger partial charge in [0, 0.05) is 48.9 Å². The van der Waals surface area contributed by atoms with Crippen LogP contribution in [0, 0.1) is 0 Å². The van der Waals surface area contributed by atoms with Crippen LogP contribution in [0.25, 0.3) is 10.9 Å². The molecule has 11 nitrogen and oxygen atoms in total. The number of piperazine rings is 1. The summed E-state index contributed by atoms with van der Waals surface area (Å²) in [7, 11) is 0. The zero-order valence-electron chi connectivity index (χ0n) is 20.9. The Morgan fingerprint density at radius 2 is 1.71 bits per heavy atom. The molecule has 0 amide bonds. The molecule has 4 aromatic rings. The van der Waals surface area contributed by atoms with E-state index in [2.05, 4.69) is 30.3 Å². The number of tetrazole rings is 1. The molecule has 0 radical (unpaired) electrons. The highest BCUT2D eigenvalue weighted by molar-refractivity contribution is 5.83. The highest BCUT2D eigenvalue weighted by Crippen LogP contribution is 2.38. The highest BCUT2D eigenvalue weighted by Gasteiger charge is 2.35. The topological polar surface area (TPSA) is 122 Å². The summed E-state index contributed by atoms with van der Waals surface area (Å²) in [6, 6.07) is 12.8. The van der Waals surface area contributed by atoms with Crippen molar-refractivity contribution in [2.75, 3.05) is 37.9 Å². The molecule has 11 heteroatoms. The second kappa shape index (κ2) is 9.32. The van der Waals surface area contributed by atoms with E-state index < -0.39 is 6.04 Å². The molecule has 0 unspecified atom stereocenters. The number of pyridine rings is 1. The maximum Gasteiger partial charge on any atom is 0.253 e. The van der Waals surface area contributed by atoms with Gasteiger partial charge in [0.15, 0.2) is 17.3 Å². The van der Waals surface area contributed by atoms with Gasteiger partial charge >= 0.3 is 0 Å². The summed E-state index contributed by atoms with van der Waals surface area (Å²) in [6.45, 7) is 3.17. The van der Waals surface area contributed by atoms with Gasteiger partial charge in [-0.25, -0.2) is 4.68 Å². The number of hydrogen-bond acceptors (Lipinski definition) is 9. The lowest BCUT2D eigenvalue weighted by atomic mass is 10.0. The summed E-state index contributed by atoms with van der Waals surface area (Å²) in [5.74, 6) is 2.27. The van der Waals surface area contributed by atoms with Crippen molar-refractivity contribution in [1.82, 2.24) is 30.1 Å². The molecule has 2 fully saturated rings. The number of ether oxygens (including phenoxy) is 2. The zero-order valence-corrected chi connectivity index (χ0v) is 20.9. The fourth-order valence-corrected chi connectivity index (χ4v) is 6.01. The number of aromatic amines is 1. The van der Waals surface area contributed by atoms with Crippen LogP contribution in [0.5, 0.6) is 17.2 Å². The fraction of sp³-hybridized carbons (Fsp3) is 0.407. The van der Waals surface area contributed by atoms with E-state index in [0.29, 0.717) is 28.4 Å². The first-order valence-electron chi connectivity index (χ1n) is 13.2. The van der Waals surface area contributed by atoms with Crippen molar-refractivity contribution in [3.63, 3.8) is 0 Å². The minimum Gasteiger partial charge on any atom is -0.508 e. The maximum atomic E-state index is 13.6. The lowest BCUT2D eigenvalue weighted by Gasteiger charge is -2.39. The van der Waals surface area contributed by atoms with E-state index in [4.69, 9.17) is 9.47 Å². The lowest BCUT2D eigenvalue weighted by Crippen LogP contribution is -2.49. The second-order valence-corrected chi connectivity index (χ2v) is 10.2. The molecule has 1 saturated carbocycles. The molecule has 1 atom stereocenters. The summed E-state index contributed by atoms with van der Waals surface area (Å²) in [4.78, 5) is 21.3. The van der Waals surface area contributed by atoms with Gasteiger partial charge in [-0.3, -0.25) is 9.69 Å². The number of phenolic OH excluding ortho intramolecular Hbond substituents is 1. The maximum absolute atomic E-state index is 13.6. The quantitative estimate of drug-likeness (QED) is 0.413.